The number of aromatic nitrogens is 4. The van der Waals surface area contributed by atoms with Crippen LogP contribution in [0, 0.1) is 5.82 Å². The van der Waals surface area contributed by atoms with E-state index in [0.717, 1.165) is 6.07 Å². The predicted octanol–water partition coefficient (Wildman–Crippen LogP) is 2.98. The lowest BCUT2D eigenvalue weighted by Gasteiger charge is -2.21. The number of alkyl halides is 3. The van der Waals surface area contributed by atoms with Crippen LogP contribution in [-0.2, 0) is 23.7 Å². The molecule has 12 heteroatoms. The van der Waals surface area contributed by atoms with Gasteiger partial charge in [-0.3, -0.25) is 4.31 Å². The maximum absolute atomic E-state index is 14.4. The molecule has 2 heterocycles. The molecule has 2 aromatic heterocycles. The summed E-state index contributed by atoms with van der Waals surface area (Å²) in [5.41, 5.74) is 0.577. The average Bonchev–Trinajstić information content (AvgIpc) is 3.11. The summed E-state index contributed by atoms with van der Waals surface area (Å²) in [6, 6.07) is 3.65. The van der Waals surface area contributed by atoms with Crippen LogP contribution >= 0.6 is 0 Å². The summed E-state index contributed by atoms with van der Waals surface area (Å²) in [6.45, 7) is -0.0692. The molecule has 27 heavy (non-hydrogen) atoms. The van der Waals surface area contributed by atoms with Crippen LogP contribution < -0.4 is 4.31 Å². The van der Waals surface area contributed by atoms with Crippen LogP contribution in [0.15, 0.2) is 41.3 Å². The Bertz CT molecular complexity index is 964. The molecule has 3 rings (SSSR count). The molecule has 142 valence electrons. The molecular formula is C15H11F4N5O2S. The lowest BCUT2D eigenvalue weighted by molar-refractivity contribution is -0.156. The number of rotatable bonds is 5. The Kier molecular flexibility index (Phi) is 5.17. The molecule has 0 radical (unpaired) electrons. The SMILES string of the molecule is CS(=O)N(Cc1ccc(-c2nnc(C(F)(F)F)o2)cc1F)c1cncnc1. The number of anilines is 1. The molecule has 0 N–H and O–H groups in total. The summed E-state index contributed by atoms with van der Waals surface area (Å²) >= 11 is 0. The second-order valence-corrected chi connectivity index (χ2v) is 6.56. The van der Waals surface area contributed by atoms with E-state index < -0.39 is 34.8 Å². The van der Waals surface area contributed by atoms with E-state index in [-0.39, 0.29) is 17.7 Å². The van der Waals surface area contributed by atoms with Gasteiger partial charge in [0.1, 0.15) is 23.1 Å². The average molecular weight is 401 g/mol. The highest BCUT2D eigenvalue weighted by atomic mass is 32.2. The van der Waals surface area contributed by atoms with Crippen molar-refractivity contribution in [2.45, 2.75) is 12.7 Å². The smallest absolute Gasteiger partial charge is 0.413 e. The molecule has 1 aromatic carbocycles. The van der Waals surface area contributed by atoms with Crippen LogP contribution in [0.2, 0.25) is 0 Å². The molecule has 3 aromatic rings. The van der Waals surface area contributed by atoms with Gasteiger partial charge in [0.2, 0.25) is 5.89 Å². The Labute approximate surface area is 152 Å². The minimum absolute atomic E-state index is 0.00790. The first-order chi connectivity index (χ1) is 12.8. The largest absolute Gasteiger partial charge is 0.470 e. The van der Waals surface area contributed by atoms with Gasteiger partial charge in [-0.15, -0.1) is 10.2 Å². The van der Waals surface area contributed by atoms with E-state index in [4.69, 9.17) is 0 Å². The zero-order chi connectivity index (χ0) is 19.6. The van der Waals surface area contributed by atoms with E-state index in [1.165, 1.54) is 41.4 Å². The van der Waals surface area contributed by atoms with E-state index in [9.17, 15) is 21.8 Å². The molecule has 0 bridgehead atoms. The number of halogens is 4. The zero-order valence-corrected chi connectivity index (χ0v) is 14.5. The molecule has 1 unspecified atom stereocenters. The van der Waals surface area contributed by atoms with Crippen molar-refractivity contribution in [2.24, 2.45) is 0 Å². The summed E-state index contributed by atoms with van der Waals surface area (Å²) < 4.78 is 69.9. The molecule has 0 amide bonds. The highest BCUT2D eigenvalue weighted by Gasteiger charge is 2.38. The Hall–Kier alpha value is -2.89. The Balaban J connectivity index is 1.86. The van der Waals surface area contributed by atoms with Crippen molar-refractivity contribution in [1.82, 2.24) is 20.2 Å². The fourth-order valence-electron chi connectivity index (χ4n) is 2.17. The van der Waals surface area contributed by atoms with Crippen LogP contribution in [-0.4, -0.2) is 30.6 Å². The van der Waals surface area contributed by atoms with E-state index in [1.807, 2.05) is 0 Å². The van der Waals surface area contributed by atoms with Crippen molar-refractivity contribution in [1.29, 1.82) is 0 Å². The van der Waals surface area contributed by atoms with Crippen molar-refractivity contribution in [3.05, 3.63) is 54.2 Å². The molecule has 0 aliphatic rings. The standard InChI is InChI=1S/C15H11F4N5O2S/c1-27(25)24(11-5-20-8-21-6-11)7-10-3-2-9(4-12(10)16)13-22-23-14(26-13)15(17,18)19/h2-6,8H,7H2,1H3. The zero-order valence-electron chi connectivity index (χ0n) is 13.6. The topological polar surface area (TPSA) is 85.0 Å². The molecule has 0 fully saturated rings. The predicted molar refractivity (Wildman–Crippen MR) is 87.0 cm³/mol. The lowest BCUT2D eigenvalue weighted by Crippen LogP contribution is -2.25. The highest BCUT2D eigenvalue weighted by Crippen LogP contribution is 2.31. The first kappa shape index (κ1) is 18.9. The van der Waals surface area contributed by atoms with E-state index in [1.54, 1.807) is 0 Å². The molecule has 0 spiro atoms. The minimum atomic E-state index is -4.78. The molecular weight excluding hydrogens is 390 g/mol. The molecule has 0 aliphatic carbocycles. The van der Waals surface area contributed by atoms with Crippen LogP contribution in [0.4, 0.5) is 23.2 Å². The third-order valence-corrected chi connectivity index (χ3v) is 4.39. The van der Waals surface area contributed by atoms with Crippen molar-refractivity contribution >= 4 is 16.7 Å². The van der Waals surface area contributed by atoms with Crippen LogP contribution in [0.5, 0.6) is 0 Å². The summed E-state index contributed by atoms with van der Waals surface area (Å²) in [4.78, 5) is 7.65. The Morgan fingerprint density at radius 1 is 1.19 bits per heavy atom. The third-order valence-electron chi connectivity index (χ3n) is 3.43. The van der Waals surface area contributed by atoms with Gasteiger partial charge in [0.25, 0.3) is 0 Å². The second-order valence-electron chi connectivity index (χ2n) is 5.27. The van der Waals surface area contributed by atoms with Gasteiger partial charge in [-0.2, -0.15) is 13.2 Å². The number of nitrogens with zero attached hydrogens (tertiary/aromatic N) is 5. The van der Waals surface area contributed by atoms with Gasteiger partial charge in [0.05, 0.1) is 24.6 Å². The fourth-order valence-corrected chi connectivity index (χ4v) is 2.88. The lowest BCUT2D eigenvalue weighted by atomic mass is 10.1. The van der Waals surface area contributed by atoms with Gasteiger partial charge in [0.15, 0.2) is 0 Å². The first-order valence-corrected chi connectivity index (χ1v) is 8.83. The molecule has 0 aliphatic heterocycles. The van der Waals surface area contributed by atoms with Gasteiger partial charge in [-0.25, -0.2) is 18.6 Å². The monoisotopic (exact) mass is 401 g/mol. The molecule has 7 nitrogen and oxygen atoms in total. The van der Waals surface area contributed by atoms with Crippen molar-refractivity contribution in [3.8, 4) is 11.5 Å². The summed E-state index contributed by atoms with van der Waals surface area (Å²) in [6.07, 6.45) is 0.786. The first-order valence-electron chi connectivity index (χ1n) is 7.31. The number of hydrogen-bond acceptors (Lipinski definition) is 6. The minimum Gasteiger partial charge on any atom is -0.413 e. The van der Waals surface area contributed by atoms with Crippen molar-refractivity contribution in [3.63, 3.8) is 0 Å². The molecule has 0 saturated heterocycles. The van der Waals surface area contributed by atoms with Crippen molar-refractivity contribution in [2.75, 3.05) is 10.6 Å². The fraction of sp³-hybridized carbons (Fsp3) is 0.200. The van der Waals surface area contributed by atoms with Crippen LogP contribution in [0.3, 0.4) is 0 Å². The maximum atomic E-state index is 14.4. The number of hydrogen-bond donors (Lipinski definition) is 0. The van der Waals surface area contributed by atoms with E-state index in [0.29, 0.717) is 5.69 Å². The Morgan fingerprint density at radius 3 is 2.44 bits per heavy atom. The highest BCUT2D eigenvalue weighted by molar-refractivity contribution is 7.85. The summed E-state index contributed by atoms with van der Waals surface area (Å²) in [5.74, 6) is -2.70. The summed E-state index contributed by atoms with van der Waals surface area (Å²) in [5, 5.41) is 6.18. The molecule has 0 saturated carbocycles. The maximum Gasteiger partial charge on any atom is 0.470 e. The third kappa shape index (κ3) is 4.27. The van der Waals surface area contributed by atoms with Crippen LogP contribution in [0.1, 0.15) is 11.5 Å². The van der Waals surface area contributed by atoms with E-state index >= 15 is 0 Å². The van der Waals surface area contributed by atoms with Gasteiger partial charge in [-0.05, 0) is 12.1 Å². The quantitative estimate of drug-likeness (QED) is 0.611. The van der Waals surface area contributed by atoms with Gasteiger partial charge in [-0.1, -0.05) is 6.07 Å². The summed E-state index contributed by atoms with van der Waals surface area (Å²) in [7, 11) is -1.49. The van der Waals surface area contributed by atoms with Gasteiger partial charge in [0, 0.05) is 17.4 Å². The van der Waals surface area contributed by atoms with Crippen LogP contribution in [0.25, 0.3) is 11.5 Å². The van der Waals surface area contributed by atoms with Crippen molar-refractivity contribution < 1.29 is 26.2 Å². The second kappa shape index (κ2) is 7.39. The van der Waals surface area contributed by atoms with E-state index in [2.05, 4.69) is 24.6 Å². The molecule has 1 atom stereocenters. The number of benzene rings is 1. The normalized spacial score (nSPS) is 12.8. The Morgan fingerprint density at radius 2 is 1.89 bits per heavy atom. The van der Waals surface area contributed by atoms with Gasteiger partial charge >= 0.3 is 12.1 Å². The van der Waals surface area contributed by atoms with Gasteiger partial charge < -0.3 is 4.42 Å².